The first-order valence-electron chi connectivity index (χ1n) is 6.06. The van der Waals surface area contributed by atoms with Crippen LogP contribution in [0.2, 0.25) is 0 Å². The molecule has 0 aliphatic heterocycles. The van der Waals surface area contributed by atoms with Crippen molar-refractivity contribution in [2.75, 3.05) is 18.4 Å². The van der Waals surface area contributed by atoms with Crippen LogP contribution in [0.15, 0.2) is 24.3 Å². The minimum atomic E-state index is 0.221. The van der Waals surface area contributed by atoms with Gasteiger partial charge in [-0.25, -0.2) is 0 Å². The number of hydrogen-bond acceptors (Lipinski definition) is 1. The molecule has 0 N–H and O–H groups in total. The quantitative estimate of drug-likeness (QED) is 0.739. The summed E-state index contributed by atoms with van der Waals surface area (Å²) in [5.41, 5.74) is 2.31. The maximum absolute atomic E-state index is 12.1. The van der Waals surface area contributed by atoms with Crippen molar-refractivity contribution < 1.29 is 4.79 Å². The normalized spacial score (nSPS) is 10.3. The Bertz CT molecular complexity index is 365. The second-order valence-electron chi connectivity index (χ2n) is 4.18. The number of carbonyl (C=O) groups is 1. The summed E-state index contributed by atoms with van der Waals surface area (Å²) in [5, 5.41) is 0.946. The Morgan fingerprint density at radius 3 is 2.76 bits per heavy atom. The van der Waals surface area contributed by atoms with Gasteiger partial charge in [-0.1, -0.05) is 45.8 Å². The molecule has 0 fully saturated rings. The number of halogens is 1. The van der Waals surface area contributed by atoms with Crippen molar-refractivity contribution in [3.63, 3.8) is 0 Å². The molecule has 2 nitrogen and oxygen atoms in total. The lowest BCUT2D eigenvalue weighted by atomic mass is 10.1. The van der Waals surface area contributed by atoms with Gasteiger partial charge in [0.2, 0.25) is 5.91 Å². The van der Waals surface area contributed by atoms with Crippen LogP contribution in [0.5, 0.6) is 0 Å². The number of rotatable bonds is 6. The molecule has 94 valence electrons. The van der Waals surface area contributed by atoms with Gasteiger partial charge in [-0.3, -0.25) is 4.79 Å². The van der Waals surface area contributed by atoms with Crippen LogP contribution in [0.25, 0.3) is 0 Å². The fraction of sp³-hybridized carbons (Fsp3) is 0.500. The van der Waals surface area contributed by atoms with Crippen LogP contribution in [-0.2, 0) is 11.2 Å². The van der Waals surface area contributed by atoms with Crippen LogP contribution in [0.3, 0.4) is 0 Å². The standard InChI is InChI=1S/C14H20BrNO/c1-3-16(9-5-8-15)14(17)11-13-7-4-6-12(2)10-13/h4,6-7,10H,3,5,8-9,11H2,1-2H3. The number of hydrogen-bond donors (Lipinski definition) is 0. The summed E-state index contributed by atoms with van der Waals surface area (Å²) < 4.78 is 0. The topological polar surface area (TPSA) is 20.3 Å². The van der Waals surface area contributed by atoms with Gasteiger partial charge in [0.05, 0.1) is 6.42 Å². The third-order valence-electron chi connectivity index (χ3n) is 2.73. The molecule has 3 heteroatoms. The predicted molar refractivity (Wildman–Crippen MR) is 75.5 cm³/mol. The van der Waals surface area contributed by atoms with Gasteiger partial charge in [0, 0.05) is 18.4 Å². The van der Waals surface area contributed by atoms with E-state index in [0.29, 0.717) is 6.42 Å². The Labute approximate surface area is 112 Å². The minimum Gasteiger partial charge on any atom is -0.343 e. The Kier molecular flexibility index (Phi) is 6.27. The van der Waals surface area contributed by atoms with Crippen molar-refractivity contribution in [3.05, 3.63) is 35.4 Å². The predicted octanol–water partition coefficient (Wildman–Crippen LogP) is 3.17. The highest BCUT2D eigenvalue weighted by molar-refractivity contribution is 9.09. The average molecular weight is 298 g/mol. The fourth-order valence-corrected chi connectivity index (χ4v) is 2.07. The molecule has 0 spiro atoms. The van der Waals surface area contributed by atoms with E-state index in [1.807, 2.05) is 24.0 Å². The monoisotopic (exact) mass is 297 g/mol. The second kappa shape index (κ2) is 7.49. The van der Waals surface area contributed by atoms with Crippen LogP contribution in [0, 0.1) is 6.92 Å². The average Bonchev–Trinajstić information content (AvgIpc) is 2.30. The second-order valence-corrected chi connectivity index (χ2v) is 4.97. The van der Waals surface area contributed by atoms with Crippen LogP contribution in [0.4, 0.5) is 0 Å². The molecule has 0 saturated carbocycles. The first-order chi connectivity index (χ1) is 8.17. The summed E-state index contributed by atoms with van der Waals surface area (Å²) in [7, 11) is 0. The van der Waals surface area contributed by atoms with Crippen molar-refractivity contribution >= 4 is 21.8 Å². The van der Waals surface area contributed by atoms with Gasteiger partial charge < -0.3 is 4.90 Å². The third-order valence-corrected chi connectivity index (χ3v) is 3.29. The van der Waals surface area contributed by atoms with Crippen LogP contribution in [0.1, 0.15) is 24.5 Å². The third kappa shape index (κ3) is 4.90. The first kappa shape index (κ1) is 14.2. The van der Waals surface area contributed by atoms with E-state index in [1.165, 1.54) is 5.56 Å². The highest BCUT2D eigenvalue weighted by Gasteiger charge is 2.11. The van der Waals surface area contributed by atoms with Gasteiger partial charge in [0.25, 0.3) is 0 Å². The van der Waals surface area contributed by atoms with Gasteiger partial charge >= 0.3 is 0 Å². The van der Waals surface area contributed by atoms with Crippen molar-refractivity contribution in [1.29, 1.82) is 0 Å². The SMILES string of the molecule is CCN(CCCBr)C(=O)Cc1cccc(C)c1. The van der Waals surface area contributed by atoms with Crippen molar-refractivity contribution in [2.24, 2.45) is 0 Å². The molecule has 0 aliphatic carbocycles. The summed E-state index contributed by atoms with van der Waals surface area (Å²) >= 11 is 3.39. The Hall–Kier alpha value is -0.830. The van der Waals surface area contributed by atoms with Crippen molar-refractivity contribution in [2.45, 2.75) is 26.7 Å². The summed E-state index contributed by atoms with van der Waals surface area (Å²) in [6, 6.07) is 8.16. The summed E-state index contributed by atoms with van der Waals surface area (Å²) in [4.78, 5) is 14.0. The molecular formula is C14H20BrNO. The molecule has 0 bridgehead atoms. The molecule has 0 aliphatic rings. The van der Waals surface area contributed by atoms with Crippen LogP contribution < -0.4 is 0 Å². The lowest BCUT2D eigenvalue weighted by molar-refractivity contribution is -0.130. The lowest BCUT2D eigenvalue weighted by Crippen LogP contribution is -2.33. The Morgan fingerprint density at radius 1 is 1.41 bits per heavy atom. The number of benzene rings is 1. The van der Waals surface area contributed by atoms with E-state index in [4.69, 9.17) is 0 Å². The van der Waals surface area contributed by atoms with Gasteiger partial charge in [0.15, 0.2) is 0 Å². The number of alkyl halides is 1. The summed E-state index contributed by atoms with van der Waals surface area (Å²) in [5.74, 6) is 0.221. The fourth-order valence-electron chi connectivity index (χ4n) is 1.82. The lowest BCUT2D eigenvalue weighted by Gasteiger charge is -2.20. The van der Waals surface area contributed by atoms with Crippen molar-refractivity contribution in [1.82, 2.24) is 4.90 Å². The summed E-state index contributed by atoms with van der Waals surface area (Å²) in [6.07, 6.45) is 1.52. The van der Waals surface area contributed by atoms with Crippen molar-refractivity contribution in [3.8, 4) is 0 Å². The maximum Gasteiger partial charge on any atom is 0.226 e. The number of nitrogens with zero attached hydrogens (tertiary/aromatic N) is 1. The number of likely N-dealkylation sites (N-methyl/N-ethyl adjacent to an activating group) is 1. The van der Waals surface area contributed by atoms with E-state index in [-0.39, 0.29) is 5.91 Å². The van der Waals surface area contributed by atoms with Gasteiger partial charge in [-0.15, -0.1) is 0 Å². The van der Waals surface area contributed by atoms with E-state index in [0.717, 1.165) is 30.4 Å². The molecule has 1 aromatic carbocycles. The van der Waals surface area contributed by atoms with Gasteiger partial charge in [-0.05, 0) is 25.8 Å². The maximum atomic E-state index is 12.1. The first-order valence-corrected chi connectivity index (χ1v) is 7.18. The molecule has 1 rings (SSSR count). The molecule has 0 aromatic heterocycles. The van der Waals surface area contributed by atoms with Gasteiger partial charge in [-0.2, -0.15) is 0 Å². The van der Waals surface area contributed by atoms with E-state index in [1.54, 1.807) is 0 Å². The molecule has 0 radical (unpaired) electrons. The van der Waals surface area contributed by atoms with E-state index in [2.05, 4.69) is 35.0 Å². The van der Waals surface area contributed by atoms with Gasteiger partial charge in [0.1, 0.15) is 0 Å². The zero-order valence-electron chi connectivity index (χ0n) is 10.6. The number of amides is 1. The molecule has 0 heterocycles. The number of aryl methyl sites for hydroxylation is 1. The number of carbonyl (C=O) groups excluding carboxylic acids is 1. The molecule has 0 saturated heterocycles. The highest BCUT2D eigenvalue weighted by atomic mass is 79.9. The highest BCUT2D eigenvalue weighted by Crippen LogP contribution is 2.07. The van der Waals surface area contributed by atoms with E-state index in [9.17, 15) is 4.79 Å². The zero-order chi connectivity index (χ0) is 12.7. The van der Waals surface area contributed by atoms with E-state index < -0.39 is 0 Å². The molecular weight excluding hydrogens is 278 g/mol. The van der Waals surface area contributed by atoms with E-state index >= 15 is 0 Å². The Morgan fingerprint density at radius 2 is 2.18 bits per heavy atom. The minimum absolute atomic E-state index is 0.221. The smallest absolute Gasteiger partial charge is 0.226 e. The zero-order valence-corrected chi connectivity index (χ0v) is 12.2. The van der Waals surface area contributed by atoms with Crippen LogP contribution in [-0.4, -0.2) is 29.2 Å². The molecule has 0 atom stereocenters. The molecule has 0 unspecified atom stereocenters. The molecule has 1 aromatic rings. The summed E-state index contributed by atoms with van der Waals surface area (Å²) in [6.45, 7) is 5.71. The molecule has 17 heavy (non-hydrogen) atoms. The molecule has 1 amide bonds. The largest absolute Gasteiger partial charge is 0.343 e. The van der Waals surface area contributed by atoms with Crippen LogP contribution >= 0.6 is 15.9 Å². The Balaban J connectivity index is 2.57.